The van der Waals surface area contributed by atoms with Crippen molar-refractivity contribution in [2.45, 2.75) is 6.10 Å². The molecule has 1 heterocycles. The molecule has 0 aromatic heterocycles. The molecule has 1 N–H and O–H groups in total. The molecule has 1 fully saturated rings. The van der Waals surface area contributed by atoms with Gasteiger partial charge in [-0.2, -0.15) is 0 Å². The van der Waals surface area contributed by atoms with E-state index in [0.717, 1.165) is 18.7 Å². The molecule has 1 aliphatic heterocycles. The summed E-state index contributed by atoms with van der Waals surface area (Å²) < 4.78 is 5.61. The summed E-state index contributed by atoms with van der Waals surface area (Å²) in [5, 5.41) is 10.2. The van der Waals surface area contributed by atoms with Gasteiger partial charge in [0.15, 0.2) is 0 Å². The van der Waals surface area contributed by atoms with Gasteiger partial charge in [-0.15, -0.1) is 0 Å². The van der Waals surface area contributed by atoms with Crippen molar-refractivity contribution in [3.8, 4) is 5.75 Å². The highest BCUT2D eigenvalue weighted by atomic mass is 35.5. The second-order valence-electron chi connectivity index (χ2n) is 3.80. The quantitative estimate of drug-likeness (QED) is 0.797. The van der Waals surface area contributed by atoms with Crippen molar-refractivity contribution in [3.05, 3.63) is 28.8 Å². The summed E-state index contributed by atoms with van der Waals surface area (Å²) in [6, 6.07) is 5.35. The van der Waals surface area contributed by atoms with E-state index in [2.05, 4.69) is 4.90 Å². The van der Waals surface area contributed by atoms with Gasteiger partial charge in [0.05, 0.1) is 17.7 Å². The van der Waals surface area contributed by atoms with E-state index in [9.17, 15) is 5.11 Å². The van der Waals surface area contributed by atoms with Crippen LogP contribution < -0.4 is 0 Å². The highest BCUT2D eigenvalue weighted by Gasteiger charge is 2.22. The molecule has 15 heavy (non-hydrogen) atoms. The van der Waals surface area contributed by atoms with E-state index in [4.69, 9.17) is 16.3 Å². The molecule has 2 rings (SSSR count). The maximum atomic E-state index is 9.81. The lowest BCUT2D eigenvalue weighted by Crippen LogP contribution is -2.35. The summed E-state index contributed by atoms with van der Waals surface area (Å²) in [7, 11) is 2.04. The Kier molecular flexibility index (Phi) is 3.14. The van der Waals surface area contributed by atoms with Crippen molar-refractivity contribution in [2.75, 3.05) is 26.7 Å². The Hall–Kier alpha value is -0.770. The number of morpholine rings is 1. The molecule has 3 nitrogen and oxygen atoms in total. The van der Waals surface area contributed by atoms with Crippen LogP contribution in [0, 0.1) is 0 Å². The number of phenols is 1. The van der Waals surface area contributed by atoms with Crippen LogP contribution in [0.15, 0.2) is 18.2 Å². The third-order valence-corrected chi connectivity index (χ3v) is 2.94. The summed E-state index contributed by atoms with van der Waals surface area (Å²) in [5.41, 5.74) is 0.772. The molecular formula is C11H14ClNO2. The van der Waals surface area contributed by atoms with Gasteiger partial charge < -0.3 is 14.7 Å². The van der Waals surface area contributed by atoms with Gasteiger partial charge >= 0.3 is 0 Å². The number of hydrogen-bond acceptors (Lipinski definition) is 3. The van der Waals surface area contributed by atoms with Gasteiger partial charge in [0, 0.05) is 18.7 Å². The van der Waals surface area contributed by atoms with E-state index in [1.165, 1.54) is 0 Å². The number of hydrogen-bond donors (Lipinski definition) is 1. The first-order chi connectivity index (χ1) is 7.18. The standard InChI is InChI=1S/C11H14ClNO2/c1-13-5-6-15-10(7-13)8-3-2-4-9(12)11(8)14/h2-4,10,14H,5-7H2,1H3. The van der Waals surface area contributed by atoms with E-state index < -0.39 is 0 Å². The second-order valence-corrected chi connectivity index (χ2v) is 4.21. The number of benzene rings is 1. The minimum Gasteiger partial charge on any atom is -0.506 e. The summed E-state index contributed by atoms with van der Waals surface area (Å²) in [6.45, 7) is 2.40. The molecule has 1 unspecified atom stereocenters. The van der Waals surface area contributed by atoms with Gasteiger partial charge in [-0.3, -0.25) is 0 Å². The number of phenolic OH excluding ortho intramolecular Hbond substituents is 1. The molecular weight excluding hydrogens is 214 g/mol. The van der Waals surface area contributed by atoms with Crippen LogP contribution in [-0.2, 0) is 4.74 Å². The predicted molar refractivity (Wildman–Crippen MR) is 59.3 cm³/mol. The number of halogens is 1. The van der Waals surface area contributed by atoms with E-state index in [-0.39, 0.29) is 11.9 Å². The van der Waals surface area contributed by atoms with Crippen molar-refractivity contribution in [2.24, 2.45) is 0 Å². The Morgan fingerprint density at radius 1 is 1.53 bits per heavy atom. The van der Waals surface area contributed by atoms with Crippen molar-refractivity contribution >= 4 is 11.6 Å². The first kappa shape index (κ1) is 10.7. The first-order valence-corrected chi connectivity index (χ1v) is 5.34. The van der Waals surface area contributed by atoms with Crippen LogP contribution >= 0.6 is 11.6 Å². The van der Waals surface area contributed by atoms with Crippen LogP contribution in [-0.4, -0.2) is 36.8 Å². The van der Waals surface area contributed by atoms with Gasteiger partial charge in [0.1, 0.15) is 5.75 Å². The average Bonchev–Trinajstić information content (AvgIpc) is 2.22. The van der Waals surface area contributed by atoms with Crippen LogP contribution in [0.5, 0.6) is 5.75 Å². The summed E-state index contributed by atoms with van der Waals surface area (Å²) in [5.74, 6) is 0.138. The Morgan fingerprint density at radius 2 is 2.33 bits per heavy atom. The molecule has 0 saturated carbocycles. The molecule has 1 aromatic rings. The van der Waals surface area contributed by atoms with Crippen LogP contribution in [0.2, 0.25) is 5.02 Å². The fourth-order valence-corrected chi connectivity index (χ4v) is 1.94. The fraction of sp³-hybridized carbons (Fsp3) is 0.455. The molecule has 1 saturated heterocycles. The van der Waals surface area contributed by atoms with Crippen molar-refractivity contribution in [3.63, 3.8) is 0 Å². The fourth-order valence-electron chi connectivity index (χ4n) is 1.76. The van der Waals surface area contributed by atoms with Crippen molar-refractivity contribution < 1.29 is 9.84 Å². The molecule has 1 aromatic carbocycles. The van der Waals surface area contributed by atoms with Gasteiger partial charge in [-0.1, -0.05) is 23.7 Å². The lowest BCUT2D eigenvalue weighted by molar-refractivity contribution is -0.0218. The zero-order valence-electron chi connectivity index (χ0n) is 8.61. The Morgan fingerprint density at radius 3 is 3.07 bits per heavy atom. The molecule has 0 aliphatic carbocycles. The third-order valence-electron chi connectivity index (χ3n) is 2.63. The monoisotopic (exact) mass is 227 g/mol. The molecule has 1 atom stereocenters. The lowest BCUT2D eigenvalue weighted by atomic mass is 10.1. The van der Waals surface area contributed by atoms with Crippen LogP contribution in [0.1, 0.15) is 11.7 Å². The minimum atomic E-state index is -0.0811. The maximum absolute atomic E-state index is 9.81. The molecule has 4 heteroatoms. The Bertz CT molecular complexity index is 356. The minimum absolute atomic E-state index is 0.0811. The highest BCUT2D eigenvalue weighted by Crippen LogP contribution is 2.34. The molecule has 1 aliphatic rings. The smallest absolute Gasteiger partial charge is 0.140 e. The summed E-state index contributed by atoms with van der Waals surface area (Å²) in [4.78, 5) is 2.18. The Balaban J connectivity index is 2.24. The van der Waals surface area contributed by atoms with Crippen LogP contribution in [0.4, 0.5) is 0 Å². The van der Waals surface area contributed by atoms with Crippen molar-refractivity contribution in [1.82, 2.24) is 4.90 Å². The predicted octanol–water partition coefficient (Wildman–Crippen LogP) is 2.05. The van der Waals surface area contributed by atoms with E-state index >= 15 is 0 Å². The topological polar surface area (TPSA) is 32.7 Å². The van der Waals surface area contributed by atoms with Crippen molar-refractivity contribution in [1.29, 1.82) is 0 Å². The maximum Gasteiger partial charge on any atom is 0.140 e. The normalized spacial score (nSPS) is 22.9. The highest BCUT2D eigenvalue weighted by molar-refractivity contribution is 6.32. The van der Waals surface area contributed by atoms with Gasteiger partial charge in [-0.25, -0.2) is 0 Å². The number of para-hydroxylation sites is 1. The van der Waals surface area contributed by atoms with Crippen LogP contribution in [0.25, 0.3) is 0 Å². The van der Waals surface area contributed by atoms with Gasteiger partial charge in [0.2, 0.25) is 0 Å². The van der Waals surface area contributed by atoms with Gasteiger partial charge in [-0.05, 0) is 13.1 Å². The number of rotatable bonds is 1. The lowest BCUT2D eigenvalue weighted by Gasteiger charge is -2.30. The SMILES string of the molecule is CN1CCOC(c2cccc(Cl)c2O)C1. The number of ether oxygens (including phenoxy) is 1. The van der Waals surface area contributed by atoms with Gasteiger partial charge in [0.25, 0.3) is 0 Å². The molecule has 0 amide bonds. The molecule has 82 valence electrons. The average molecular weight is 228 g/mol. The zero-order chi connectivity index (χ0) is 10.8. The molecule has 0 bridgehead atoms. The summed E-state index contributed by atoms with van der Waals surface area (Å²) >= 11 is 5.85. The zero-order valence-corrected chi connectivity index (χ0v) is 9.37. The summed E-state index contributed by atoms with van der Waals surface area (Å²) in [6.07, 6.45) is -0.0811. The number of aromatic hydroxyl groups is 1. The number of likely N-dealkylation sites (N-methyl/N-ethyl adjacent to an activating group) is 1. The third kappa shape index (κ3) is 2.25. The van der Waals surface area contributed by atoms with E-state index in [0.29, 0.717) is 11.6 Å². The molecule has 0 radical (unpaired) electrons. The molecule has 0 spiro atoms. The van der Waals surface area contributed by atoms with Crippen LogP contribution in [0.3, 0.4) is 0 Å². The van der Waals surface area contributed by atoms with E-state index in [1.54, 1.807) is 6.07 Å². The van der Waals surface area contributed by atoms with E-state index in [1.807, 2.05) is 19.2 Å². The Labute approximate surface area is 94.2 Å². The number of nitrogens with zero attached hydrogens (tertiary/aromatic N) is 1. The largest absolute Gasteiger partial charge is 0.506 e. The second kappa shape index (κ2) is 4.39. The first-order valence-electron chi connectivity index (χ1n) is 4.96.